The molecule has 0 bridgehead atoms. The number of ether oxygens (including phenoxy) is 1. The third-order valence-electron chi connectivity index (χ3n) is 6.17. The molecule has 4 aromatic rings. The Balaban J connectivity index is 1.85. The quantitative estimate of drug-likeness (QED) is 0.454. The predicted octanol–water partition coefficient (Wildman–Crippen LogP) is 4.45. The Labute approximate surface area is 203 Å². The maximum Gasteiger partial charge on any atom is 0.266 e. The van der Waals surface area contributed by atoms with Crippen molar-refractivity contribution in [1.29, 1.82) is 5.26 Å². The molecule has 2 aromatic heterocycles. The van der Waals surface area contributed by atoms with Crippen molar-refractivity contribution in [3.63, 3.8) is 0 Å². The van der Waals surface area contributed by atoms with E-state index >= 15 is 0 Å². The molecule has 1 atom stereocenters. The number of nitriles is 1. The summed E-state index contributed by atoms with van der Waals surface area (Å²) in [7, 11) is 1.31. The fourth-order valence-electron chi connectivity index (χ4n) is 4.39. The van der Waals surface area contributed by atoms with E-state index in [1.54, 1.807) is 24.4 Å². The van der Waals surface area contributed by atoms with Gasteiger partial charge in [0.1, 0.15) is 5.82 Å². The highest BCUT2D eigenvalue weighted by Gasteiger charge is 2.42. The summed E-state index contributed by atoms with van der Waals surface area (Å²) < 4.78 is 49.0. The summed E-state index contributed by atoms with van der Waals surface area (Å²) in [6.07, 6.45) is 1.01. The molecule has 1 saturated heterocycles. The molecule has 3 heterocycles. The van der Waals surface area contributed by atoms with E-state index in [1.807, 2.05) is 13.0 Å². The van der Waals surface area contributed by atoms with Crippen LogP contribution in [0.1, 0.15) is 29.5 Å². The molecule has 1 unspecified atom stereocenters. The minimum atomic E-state index is -3.00. The van der Waals surface area contributed by atoms with Crippen molar-refractivity contribution >= 4 is 10.9 Å². The number of fused-ring (bicyclic) bond motifs is 1. The van der Waals surface area contributed by atoms with Gasteiger partial charge in [-0.05, 0) is 37.3 Å². The molecule has 1 aliphatic rings. The second-order valence-electron chi connectivity index (χ2n) is 8.64. The molecule has 0 aliphatic carbocycles. The van der Waals surface area contributed by atoms with Crippen molar-refractivity contribution in [2.24, 2.45) is 0 Å². The summed E-state index contributed by atoms with van der Waals surface area (Å²) in [6.45, 7) is 1.24. The molecule has 0 saturated carbocycles. The highest BCUT2D eigenvalue weighted by atomic mass is 19.3. The standard InChI is InChI=1S/C26H20F3N5O2/c1-14-3-4-16(12-31-14)18-7-15(11-30)8-19-23(18)33-24(21-10-26(28,29)13-32-21)34(25(19)35)17-5-6-22(36-2)20(27)9-17/h3-9,12,21,32H,10,13H2,1-2H3. The Hall–Kier alpha value is -4.23. The molecule has 5 rings (SSSR count). The van der Waals surface area contributed by atoms with Crippen LogP contribution in [0.25, 0.3) is 27.7 Å². The molecule has 182 valence electrons. The van der Waals surface area contributed by atoms with Crippen LogP contribution in [-0.4, -0.2) is 34.1 Å². The second kappa shape index (κ2) is 8.77. The Kier molecular flexibility index (Phi) is 5.73. The van der Waals surface area contributed by atoms with E-state index in [4.69, 9.17) is 4.74 Å². The zero-order chi connectivity index (χ0) is 25.6. The van der Waals surface area contributed by atoms with E-state index in [0.29, 0.717) is 11.1 Å². The largest absolute Gasteiger partial charge is 0.494 e. The minimum Gasteiger partial charge on any atom is -0.494 e. The van der Waals surface area contributed by atoms with Crippen molar-refractivity contribution in [1.82, 2.24) is 19.9 Å². The average Bonchev–Trinajstić information content (AvgIpc) is 3.23. The number of benzene rings is 2. The lowest BCUT2D eigenvalue weighted by atomic mass is 10.00. The van der Waals surface area contributed by atoms with Crippen molar-refractivity contribution in [3.05, 3.63) is 81.9 Å². The summed E-state index contributed by atoms with van der Waals surface area (Å²) in [6, 6.07) is 11.5. The average molecular weight is 491 g/mol. The van der Waals surface area contributed by atoms with E-state index in [2.05, 4.69) is 15.3 Å². The van der Waals surface area contributed by atoms with Gasteiger partial charge in [-0.25, -0.2) is 18.2 Å². The number of rotatable bonds is 4. The van der Waals surface area contributed by atoms with Crippen LogP contribution < -0.4 is 15.6 Å². The van der Waals surface area contributed by atoms with E-state index < -0.39 is 36.3 Å². The minimum absolute atomic E-state index is 0.0141. The summed E-state index contributed by atoms with van der Waals surface area (Å²) in [5, 5.41) is 12.4. The fourth-order valence-corrected chi connectivity index (χ4v) is 4.39. The summed E-state index contributed by atoms with van der Waals surface area (Å²) >= 11 is 0. The summed E-state index contributed by atoms with van der Waals surface area (Å²) in [5.74, 6) is -3.74. The number of nitrogens with zero attached hydrogens (tertiary/aromatic N) is 4. The number of aromatic nitrogens is 3. The first-order valence-corrected chi connectivity index (χ1v) is 11.1. The molecule has 0 radical (unpaired) electrons. The molecular formula is C26H20F3N5O2. The third-order valence-corrected chi connectivity index (χ3v) is 6.17. The maximum atomic E-state index is 14.6. The number of halogens is 3. The number of hydrogen-bond donors (Lipinski definition) is 1. The van der Waals surface area contributed by atoms with Gasteiger partial charge < -0.3 is 10.1 Å². The zero-order valence-corrected chi connectivity index (χ0v) is 19.3. The third kappa shape index (κ3) is 4.07. The first-order valence-electron chi connectivity index (χ1n) is 11.1. The number of pyridine rings is 1. The Morgan fingerprint density at radius 3 is 2.64 bits per heavy atom. The van der Waals surface area contributed by atoms with Gasteiger partial charge in [0.15, 0.2) is 11.6 Å². The number of nitrogens with one attached hydrogen (secondary N) is 1. The van der Waals surface area contributed by atoms with Crippen molar-refractivity contribution in [2.45, 2.75) is 25.3 Å². The Morgan fingerprint density at radius 2 is 2.03 bits per heavy atom. The SMILES string of the molecule is COc1ccc(-n2c(C3CC(F)(F)CN3)nc3c(-c4ccc(C)nc4)cc(C#N)cc3c2=O)cc1F. The van der Waals surface area contributed by atoms with Crippen LogP contribution in [0, 0.1) is 24.1 Å². The molecule has 2 aromatic carbocycles. The number of hydrogen-bond acceptors (Lipinski definition) is 6. The smallest absolute Gasteiger partial charge is 0.266 e. The van der Waals surface area contributed by atoms with Crippen LogP contribution in [0.4, 0.5) is 13.2 Å². The maximum absolute atomic E-state index is 14.6. The number of methoxy groups -OCH3 is 1. The van der Waals surface area contributed by atoms with Crippen LogP contribution in [0.3, 0.4) is 0 Å². The second-order valence-corrected chi connectivity index (χ2v) is 8.64. The summed E-state index contributed by atoms with van der Waals surface area (Å²) in [4.78, 5) is 22.8. The molecule has 0 spiro atoms. The van der Waals surface area contributed by atoms with Gasteiger partial charge in [0.05, 0.1) is 47.9 Å². The van der Waals surface area contributed by atoms with Gasteiger partial charge in [-0.2, -0.15) is 5.26 Å². The van der Waals surface area contributed by atoms with Gasteiger partial charge in [0, 0.05) is 35.5 Å². The molecule has 0 amide bonds. The van der Waals surface area contributed by atoms with Gasteiger partial charge in [0.25, 0.3) is 11.5 Å². The van der Waals surface area contributed by atoms with Crippen LogP contribution in [-0.2, 0) is 0 Å². The molecule has 36 heavy (non-hydrogen) atoms. The molecule has 1 aliphatic heterocycles. The highest BCUT2D eigenvalue weighted by Crippen LogP contribution is 2.36. The van der Waals surface area contributed by atoms with Crippen molar-refractivity contribution in [3.8, 4) is 28.6 Å². The van der Waals surface area contributed by atoms with Crippen LogP contribution >= 0.6 is 0 Å². The van der Waals surface area contributed by atoms with E-state index in [9.17, 15) is 23.2 Å². The van der Waals surface area contributed by atoms with Crippen LogP contribution in [0.5, 0.6) is 5.75 Å². The molecule has 1 N–H and O–H groups in total. The zero-order valence-electron chi connectivity index (χ0n) is 19.3. The summed E-state index contributed by atoms with van der Waals surface area (Å²) in [5.41, 5.74) is 1.78. The fraction of sp³-hybridized carbons (Fsp3) is 0.231. The lowest BCUT2D eigenvalue weighted by Gasteiger charge is -2.20. The number of alkyl halides is 2. The topological polar surface area (TPSA) is 92.8 Å². The molecule has 1 fully saturated rings. The lowest BCUT2D eigenvalue weighted by molar-refractivity contribution is 0.0207. The first-order chi connectivity index (χ1) is 17.2. The predicted molar refractivity (Wildman–Crippen MR) is 127 cm³/mol. The Bertz CT molecular complexity index is 1590. The van der Waals surface area contributed by atoms with Crippen LogP contribution in [0.15, 0.2) is 53.5 Å². The van der Waals surface area contributed by atoms with Crippen molar-refractivity contribution in [2.75, 3.05) is 13.7 Å². The van der Waals surface area contributed by atoms with Gasteiger partial charge in [-0.1, -0.05) is 6.07 Å². The Morgan fingerprint density at radius 1 is 1.22 bits per heavy atom. The molecular weight excluding hydrogens is 471 g/mol. The van der Waals surface area contributed by atoms with Gasteiger partial charge in [-0.3, -0.25) is 14.3 Å². The highest BCUT2D eigenvalue weighted by molar-refractivity contribution is 5.94. The molecule has 7 nitrogen and oxygen atoms in total. The molecule has 10 heteroatoms. The van der Waals surface area contributed by atoms with Gasteiger partial charge >= 0.3 is 0 Å². The monoisotopic (exact) mass is 491 g/mol. The van der Waals surface area contributed by atoms with Gasteiger partial charge in [0.2, 0.25) is 0 Å². The van der Waals surface area contributed by atoms with E-state index in [0.717, 1.165) is 16.3 Å². The van der Waals surface area contributed by atoms with E-state index in [1.165, 1.54) is 25.3 Å². The number of aryl methyl sites for hydroxylation is 1. The van der Waals surface area contributed by atoms with E-state index in [-0.39, 0.29) is 33.7 Å². The first kappa shape index (κ1) is 23.5. The van der Waals surface area contributed by atoms with Gasteiger partial charge in [-0.15, -0.1) is 0 Å². The van der Waals surface area contributed by atoms with Crippen molar-refractivity contribution < 1.29 is 17.9 Å². The normalized spacial score (nSPS) is 16.7. The lowest BCUT2D eigenvalue weighted by Crippen LogP contribution is -2.29. The van der Waals surface area contributed by atoms with Crippen LogP contribution in [0.2, 0.25) is 0 Å².